The first kappa shape index (κ1) is 28.6. The van der Waals surface area contributed by atoms with E-state index in [1.54, 1.807) is 18.2 Å². The van der Waals surface area contributed by atoms with Crippen LogP contribution in [0.2, 0.25) is 0 Å². The van der Waals surface area contributed by atoms with Crippen molar-refractivity contribution >= 4 is 86.5 Å². The molecule has 8 nitrogen and oxygen atoms in total. The molecule has 0 aliphatic carbocycles. The number of nitro benzene ring substituents is 1. The summed E-state index contributed by atoms with van der Waals surface area (Å²) < 4.78 is 9.96. The van der Waals surface area contributed by atoms with Crippen LogP contribution in [0.3, 0.4) is 0 Å². The van der Waals surface area contributed by atoms with E-state index in [2.05, 4.69) is 73.8 Å². The highest BCUT2D eigenvalue weighted by atomic mass is 79.9. The number of nitrogens with zero attached hydrogens (tertiary/aromatic N) is 4. The highest BCUT2D eigenvalue weighted by Gasteiger charge is 2.21. The maximum absolute atomic E-state index is 13.4. The van der Waals surface area contributed by atoms with Gasteiger partial charge < -0.3 is 4.74 Å². The van der Waals surface area contributed by atoms with Crippen molar-refractivity contribution in [1.29, 1.82) is 0 Å². The second-order valence-electron chi connectivity index (χ2n) is 8.43. The summed E-state index contributed by atoms with van der Waals surface area (Å²) in [5.74, 6) is 0.566. The molecule has 0 unspecified atom stereocenters. The molecule has 1 heterocycles. The minimum atomic E-state index is -0.514. The van der Waals surface area contributed by atoms with Gasteiger partial charge in [-0.3, -0.25) is 14.9 Å². The third kappa shape index (κ3) is 6.24. The fraction of sp³-hybridized carbons (Fsp3) is 0.192. The van der Waals surface area contributed by atoms with Gasteiger partial charge in [0.2, 0.25) is 5.75 Å². The predicted octanol–water partition coefficient (Wildman–Crippen LogP) is 8.33. The van der Waals surface area contributed by atoms with Gasteiger partial charge in [0, 0.05) is 36.5 Å². The lowest BCUT2D eigenvalue weighted by Crippen LogP contribution is -2.23. The number of nitro groups is 1. The quantitative estimate of drug-likeness (QED) is 0.102. The van der Waals surface area contributed by atoms with Crippen molar-refractivity contribution in [2.24, 2.45) is 5.10 Å². The molecule has 38 heavy (non-hydrogen) atoms. The molecule has 0 aliphatic heterocycles. The lowest BCUT2D eigenvalue weighted by molar-refractivity contribution is -0.386. The summed E-state index contributed by atoms with van der Waals surface area (Å²) in [5.41, 5.74) is 1.27. The Kier molecular flexibility index (Phi) is 9.17. The number of benzene rings is 3. The topological polar surface area (TPSA) is 99.6 Å². The van der Waals surface area contributed by atoms with E-state index >= 15 is 0 Å². The van der Waals surface area contributed by atoms with E-state index in [0.717, 1.165) is 25.4 Å². The van der Waals surface area contributed by atoms with Gasteiger partial charge in [0.15, 0.2) is 0 Å². The van der Waals surface area contributed by atoms with Crippen LogP contribution in [0.5, 0.6) is 5.75 Å². The van der Waals surface area contributed by atoms with Gasteiger partial charge in [0.25, 0.3) is 5.56 Å². The molecule has 0 spiro atoms. The number of fused-ring (bicyclic) bond motifs is 1. The molecule has 12 heteroatoms. The summed E-state index contributed by atoms with van der Waals surface area (Å²) in [7, 11) is 0. The van der Waals surface area contributed by atoms with E-state index < -0.39 is 4.92 Å². The minimum absolute atomic E-state index is 0.0392. The summed E-state index contributed by atoms with van der Waals surface area (Å²) in [4.78, 5) is 29.4. The maximum Gasteiger partial charge on any atom is 0.312 e. The number of ether oxygens (including phenoxy) is 1. The van der Waals surface area contributed by atoms with Gasteiger partial charge in [0.05, 0.1) is 26.5 Å². The molecular formula is C26H20Br4N4O4. The molecule has 0 saturated carbocycles. The van der Waals surface area contributed by atoms with Crippen molar-refractivity contribution in [3.63, 3.8) is 0 Å². The van der Waals surface area contributed by atoms with Gasteiger partial charge in [-0.05, 0) is 58.7 Å². The third-order valence-electron chi connectivity index (χ3n) is 5.84. The highest BCUT2D eigenvalue weighted by molar-refractivity contribution is 9.11. The van der Waals surface area contributed by atoms with Crippen LogP contribution in [-0.2, 0) is 6.61 Å². The van der Waals surface area contributed by atoms with E-state index in [1.165, 1.54) is 17.0 Å². The lowest BCUT2D eigenvalue weighted by Gasteiger charge is -2.14. The molecule has 196 valence electrons. The van der Waals surface area contributed by atoms with Gasteiger partial charge in [-0.2, -0.15) is 9.78 Å². The summed E-state index contributed by atoms with van der Waals surface area (Å²) in [5, 5.41) is 16.7. The summed E-state index contributed by atoms with van der Waals surface area (Å²) >= 11 is 13.7. The smallest absolute Gasteiger partial charge is 0.312 e. The average molecular weight is 772 g/mol. The van der Waals surface area contributed by atoms with Gasteiger partial charge >= 0.3 is 5.69 Å². The first-order chi connectivity index (χ1) is 18.1. The van der Waals surface area contributed by atoms with E-state index in [-0.39, 0.29) is 29.5 Å². The van der Waals surface area contributed by atoms with Crippen LogP contribution in [0.25, 0.3) is 10.9 Å². The van der Waals surface area contributed by atoms with Crippen molar-refractivity contribution in [2.75, 3.05) is 0 Å². The molecule has 0 N–H and O–H groups in total. The Morgan fingerprint density at radius 1 is 1.08 bits per heavy atom. The van der Waals surface area contributed by atoms with Crippen LogP contribution >= 0.6 is 63.7 Å². The predicted molar refractivity (Wildman–Crippen MR) is 162 cm³/mol. The first-order valence-corrected chi connectivity index (χ1v) is 14.6. The molecule has 3 aromatic carbocycles. The van der Waals surface area contributed by atoms with Gasteiger partial charge in [-0.1, -0.05) is 67.7 Å². The molecule has 0 saturated heterocycles. The Balaban J connectivity index is 1.73. The fourth-order valence-electron chi connectivity index (χ4n) is 3.64. The Bertz CT molecular complexity index is 1640. The average Bonchev–Trinajstić information content (AvgIpc) is 2.87. The Hall–Kier alpha value is -2.41. The van der Waals surface area contributed by atoms with Crippen LogP contribution in [0, 0.1) is 10.1 Å². The summed E-state index contributed by atoms with van der Waals surface area (Å²) in [6.45, 7) is 4.09. The van der Waals surface area contributed by atoms with E-state index in [0.29, 0.717) is 26.8 Å². The van der Waals surface area contributed by atoms with Crippen molar-refractivity contribution in [3.05, 3.63) is 104 Å². The second kappa shape index (κ2) is 12.2. The molecule has 4 aromatic rings. The van der Waals surface area contributed by atoms with Crippen molar-refractivity contribution in [3.8, 4) is 5.75 Å². The number of aromatic nitrogens is 2. The van der Waals surface area contributed by atoms with Gasteiger partial charge in [-0.25, -0.2) is 4.98 Å². The largest absolute Gasteiger partial charge is 0.481 e. The van der Waals surface area contributed by atoms with Crippen molar-refractivity contribution < 1.29 is 9.66 Å². The first-order valence-electron chi connectivity index (χ1n) is 11.4. The number of rotatable bonds is 8. The summed E-state index contributed by atoms with van der Waals surface area (Å²) in [6.07, 6.45) is 2.16. The van der Waals surface area contributed by atoms with Gasteiger partial charge in [0.1, 0.15) is 12.4 Å². The molecule has 0 radical (unpaired) electrons. The molecule has 0 bridgehead atoms. The second-order valence-corrected chi connectivity index (χ2v) is 12.0. The molecule has 0 aliphatic rings. The monoisotopic (exact) mass is 768 g/mol. The molecule has 1 atom stereocenters. The molecule has 4 rings (SSSR count). The van der Waals surface area contributed by atoms with Crippen LogP contribution in [0.4, 0.5) is 5.69 Å². The standard InChI is InChI=1S/C26H20Br4N4O4/c1-3-14(2)25-32-22-7-6-17(27)10-19(22)26(35)33(25)31-12-15-8-21(30)24(23(9-15)34(36)37)38-13-16-4-5-18(28)11-20(16)29/h4-12,14H,3,13H2,1-2H3/t14-/m0/s1. The van der Waals surface area contributed by atoms with Crippen molar-refractivity contribution in [1.82, 2.24) is 9.66 Å². The number of hydrogen-bond acceptors (Lipinski definition) is 6. The fourth-order valence-corrected chi connectivity index (χ4v) is 5.75. The zero-order valence-corrected chi connectivity index (χ0v) is 26.5. The van der Waals surface area contributed by atoms with E-state index in [9.17, 15) is 14.9 Å². The number of halogens is 4. The third-order valence-corrected chi connectivity index (χ3v) is 8.15. The Labute approximate surface area is 251 Å². The van der Waals surface area contributed by atoms with Gasteiger partial charge in [-0.15, -0.1) is 0 Å². The Morgan fingerprint density at radius 3 is 2.47 bits per heavy atom. The van der Waals surface area contributed by atoms with Crippen LogP contribution in [0.15, 0.2) is 76.3 Å². The normalized spacial score (nSPS) is 12.3. The minimum Gasteiger partial charge on any atom is -0.481 e. The Morgan fingerprint density at radius 2 is 1.79 bits per heavy atom. The summed E-state index contributed by atoms with van der Waals surface area (Å²) in [6, 6.07) is 13.9. The van der Waals surface area contributed by atoms with Crippen molar-refractivity contribution in [2.45, 2.75) is 32.8 Å². The van der Waals surface area contributed by atoms with Crippen LogP contribution < -0.4 is 10.3 Å². The number of hydrogen-bond donors (Lipinski definition) is 0. The van der Waals surface area contributed by atoms with E-state index in [4.69, 9.17) is 4.74 Å². The van der Waals surface area contributed by atoms with E-state index in [1.807, 2.05) is 38.1 Å². The molecular weight excluding hydrogens is 752 g/mol. The zero-order valence-electron chi connectivity index (χ0n) is 20.1. The zero-order chi connectivity index (χ0) is 27.6. The molecule has 0 fully saturated rings. The molecule has 0 amide bonds. The van der Waals surface area contributed by atoms with Crippen LogP contribution in [0.1, 0.15) is 43.1 Å². The molecule has 1 aromatic heterocycles. The van der Waals surface area contributed by atoms with Crippen LogP contribution in [-0.4, -0.2) is 20.8 Å². The maximum atomic E-state index is 13.4. The highest BCUT2D eigenvalue weighted by Crippen LogP contribution is 2.37. The SMILES string of the molecule is CC[C@H](C)c1nc2ccc(Br)cc2c(=O)n1N=Cc1cc(Br)c(OCc2ccc(Br)cc2Br)c([N+](=O)[O-])c1. The lowest BCUT2D eigenvalue weighted by atomic mass is 10.1.